The molecule has 3 aromatic rings. The molecule has 0 atom stereocenters. The van der Waals surface area contributed by atoms with E-state index in [4.69, 9.17) is 11.6 Å². The van der Waals surface area contributed by atoms with Crippen LogP contribution in [0.1, 0.15) is 28.7 Å². The molecule has 6 heteroatoms. The molecule has 0 fully saturated rings. The minimum atomic E-state index is -0.288. The number of carbonyl (C=O) groups excluding carboxylic acids is 1. The molecule has 24 heavy (non-hydrogen) atoms. The van der Waals surface area contributed by atoms with Gasteiger partial charge >= 0.3 is 0 Å². The standard InChI is InChI=1S/C18H17ClN4O/c1-3-23-12(2)21-16-10-13(8-9-17(16)23)18(24)22-20-11-14-6-4-5-7-15(14)19/h4-11H,3H2,1-2H3,(H,22,24)/b20-11+. The number of aryl methyl sites for hydroxylation is 2. The summed E-state index contributed by atoms with van der Waals surface area (Å²) >= 11 is 6.04. The van der Waals surface area contributed by atoms with E-state index in [-0.39, 0.29) is 5.91 Å². The van der Waals surface area contributed by atoms with E-state index < -0.39 is 0 Å². The van der Waals surface area contributed by atoms with Crippen molar-refractivity contribution in [1.82, 2.24) is 15.0 Å². The SMILES string of the molecule is CCn1c(C)nc2cc(C(=O)N/N=C/c3ccccc3Cl)ccc21. The predicted molar refractivity (Wildman–Crippen MR) is 96.7 cm³/mol. The van der Waals surface area contributed by atoms with E-state index in [2.05, 4.69) is 27.0 Å². The second-order valence-corrected chi connectivity index (χ2v) is 5.73. The number of nitrogens with zero attached hydrogens (tertiary/aromatic N) is 3. The van der Waals surface area contributed by atoms with Crippen molar-refractivity contribution in [2.24, 2.45) is 5.10 Å². The van der Waals surface area contributed by atoms with Crippen LogP contribution >= 0.6 is 11.6 Å². The molecule has 122 valence electrons. The number of hydrogen-bond acceptors (Lipinski definition) is 3. The number of imidazole rings is 1. The largest absolute Gasteiger partial charge is 0.329 e. The quantitative estimate of drug-likeness (QED) is 0.580. The second kappa shape index (κ2) is 6.84. The third-order valence-corrected chi connectivity index (χ3v) is 4.14. The number of amides is 1. The molecule has 1 amide bonds. The highest BCUT2D eigenvalue weighted by atomic mass is 35.5. The number of nitrogens with one attached hydrogen (secondary N) is 1. The molecular formula is C18H17ClN4O. The molecule has 1 N–H and O–H groups in total. The summed E-state index contributed by atoms with van der Waals surface area (Å²) < 4.78 is 2.10. The summed E-state index contributed by atoms with van der Waals surface area (Å²) in [4.78, 5) is 16.7. The van der Waals surface area contributed by atoms with E-state index in [9.17, 15) is 4.79 Å². The van der Waals surface area contributed by atoms with Gasteiger partial charge in [-0.2, -0.15) is 5.10 Å². The van der Waals surface area contributed by atoms with Crippen LogP contribution in [0.5, 0.6) is 0 Å². The maximum atomic E-state index is 12.2. The number of hydrogen-bond donors (Lipinski definition) is 1. The summed E-state index contributed by atoms with van der Waals surface area (Å²) in [5.74, 6) is 0.644. The number of fused-ring (bicyclic) bond motifs is 1. The Labute approximate surface area is 145 Å². The van der Waals surface area contributed by atoms with E-state index in [0.29, 0.717) is 10.6 Å². The van der Waals surface area contributed by atoms with E-state index >= 15 is 0 Å². The first kappa shape index (κ1) is 16.2. The maximum Gasteiger partial charge on any atom is 0.271 e. The Bertz CT molecular complexity index is 930. The molecule has 5 nitrogen and oxygen atoms in total. The van der Waals surface area contributed by atoms with Crippen molar-refractivity contribution in [2.45, 2.75) is 20.4 Å². The van der Waals surface area contributed by atoms with Gasteiger partial charge in [-0.25, -0.2) is 10.4 Å². The molecule has 0 bridgehead atoms. The second-order valence-electron chi connectivity index (χ2n) is 5.33. The Morgan fingerprint density at radius 1 is 1.33 bits per heavy atom. The fourth-order valence-corrected chi connectivity index (χ4v) is 2.78. The van der Waals surface area contributed by atoms with E-state index in [0.717, 1.165) is 29.0 Å². The normalized spacial score (nSPS) is 11.3. The summed E-state index contributed by atoms with van der Waals surface area (Å²) in [6.07, 6.45) is 1.52. The number of halogens is 1. The lowest BCUT2D eigenvalue weighted by Crippen LogP contribution is -2.17. The van der Waals surface area contributed by atoms with Gasteiger partial charge in [0.25, 0.3) is 5.91 Å². The molecule has 1 heterocycles. The lowest BCUT2D eigenvalue weighted by molar-refractivity contribution is 0.0955. The fraction of sp³-hybridized carbons (Fsp3) is 0.167. The molecule has 0 saturated carbocycles. The van der Waals surface area contributed by atoms with Gasteiger partial charge in [-0.1, -0.05) is 29.8 Å². The molecule has 3 rings (SSSR count). The highest BCUT2D eigenvalue weighted by Crippen LogP contribution is 2.18. The van der Waals surface area contributed by atoms with Crippen LogP contribution in [0, 0.1) is 6.92 Å². The lowest BCUT2D eigenvalue weighted by atomic mass is 10.2. The first-order valence-corrected chi connectivity index (χ1v) is 8.02. The molecular weight excluding hydrogens is 324 g/mol. The summed E-state index contributed by atoms with van der Waals surface area (Å²) in [5, 5.41) is 4.54. The van der Waals surface area contributed by atoms with E-state index in [1.165, 1.54) is 6.21 Å². The maximum absolute atomic E-state index is 12.2. The average molecular weight is 341 g/mol. The van der Waals surface area contributed by atoms with Crippen LogP contribution in [-0.2, 0) is 6.54 Å². The van der Waals surface area contributed by atoms with Crippen molar-refractivity contribution in [2.75, 3.05) is 0 Å². The van der Waals surface area contributed by atoms with Crippen LogP contribution < -0.4 is 5.43 Å². The molecule has 1 aromatic heterocycles. The van der Waals surface area contributed by atoms with Crippen LogP contribution in [0.25, 0.3) is 11.0 Å². The van der Waals surface area contributed by atoms with Gasteiger partial charge in [-0.15, -0.1) is 0 Å². The van der Waals surface area contributed by atoms with Gasteiger partial charge in [0, 0.05) is 22.7 Å². The minimum Gasteiger partial charge on any atom is -0.329 e. The summed E-state index contributed by atoms with van der Waals surface area (Å²) in [6, 6.07) is 12.7. The van der Waals surface area contributed by atoms with E-state index in [1.807, 2.05) is 31.2 Å². The van der Waals surface area contributed by atoms with Crippen molar-refractivity contribution in [3.05, 3.63) is 64.4 Å². The van der Waals surface area contributed by atoms with Crippen molar-refractivity contribution in [3.8, 4) is 0 Å². The van der Waals surface area contributed by atoms with Crippen molar-refractivity contribution in [3.63, 3.8) is 0 Å². The third-order valence-electron chi connectivity index (χ3n) is 3.79. The van der Waals surface area contributed by atoms with Crippen molar-refractivity contribution >= 4 is 34.8 Å². The molecule has 0 radical (unpaired) electrons. The fourth-order valence-electron chi connectivity index (χ4n) is 2.60. The number of carbonyl (C=O) groups is 1. The van der Waals surface area contributed by atoms with Gasteiger partial charge in [0.2, 0.25) is 0 Å². The van der Waals surface area contributed by atoms with Crippen LogP contribution in [0.3, 0.4) is 0 Å². The lowest BCUT2D eigenvalue weighted by Gasteiger charge is -2.03. The summed E-state index contributed by atoms with van der Waals surface area (Å²) in [7, 11) is 0. The zero-order valence-corrected chi connectivity index (χ0v) is 14.2. The minimum absolute atomic E-state index is 0.288. The molecule has 0 aliphatic heterocycles. The molecule has 2 aromatic carbocycles. The van der Waals surface area contributed by atoms with Crippen molar-refractivity contribution < 1.29 is 4.79 Å². The number of aromatic nitrogens is 2. The number of rotatable bonds is 4. The first-order chi connectivity index (χ1) is 11.6. The molecule has 0 spiro atoms. The van der Waals surface area contributed by atoms with Crippen LogP contribution in [0.15, 0.2) is 47.6 Å². The van der Waals surface area contributed by atoms with Gasteiger partial charge in [0.15, 0.2) is 0 Å². The van der Waals surface area contributed by atoms with Gasteiger partial charge in [-0.05, 0) is 38.1 Å². The molecule has 0 aliphatic carbocycles. The number of hydrazone groups is 1. The average Bonchev–Trinajstić information content (AvgIpc) is 2.90. The smallest absolute Gasteiger partial charge is 0.271 e. The molecule has 0 aliphatic rings. The summed E-state index contributed by atoms with van der Waals surface area (Å²) in [6.45, 7) is 4.87. The first-order valence-electron chi connectivity index (χ1n) is 7.65. The van der Waals surface area contributed by atoms with Crippen LogP contribution in [0.2, 0.25) is 5.02 Å². The Kier molecular flexibility index (Phi) is 4.62. The Balaban J connectivity index is 1.78. The molecule has 0 unspecified atom stereocenters. The van der Waals surface area contributed by atoms with Crippen LogP contribution in [-0.4, -0.2) is 21.7 Å². The highest BCUT2D eigenvalue weighted by molar-refractivity contribution is 6.33. The van der Waals surface area contributed by atoms with Gasteiger partial charge in [0.05, 0.1) is 17.2 Å². The Morgan fingerprint density at radius 3 is 2.88 bits per heavy atom. The predicted octanol–water partition coefficient (Wildman–Crippen LogP) is 3.78. The Hall–Kier alpha value is -2.66. The summed E-state index contributed by atoms with van der Waals surface area (Å²) in [5.41, 5.74) is 5.59. The third kappa shape index (κ3) is 3.16. The topological polar surface area (TPSA) is 59.3 Å². The number of benzene rings is 2. The monoisotopic (exact) mass is 340 g/mol. The zero-order chi connectivity index (χ0) is 17.1. The zero-order valence-electron chi connectivity index (χ0n) is 13.5. The molecule has 0 saturated heterocycles. The highest BCUT2D eigenvalue weighted by Gasteiger charge is 2.10. The van der Waals surface area contributed by atoms with Gasteiger partial charge < -0.3 is 4.57 Å². The van der Waals surface area contributed by atoms with E-state index in [1.54, 1.807) is 18.2 Å². The van der Waals surface area contributed by atoms with Crippen molar-refractivity contribution in [1.29, 1.82) is 0 Å². The van der Waals surface area contributed by atoms with Gasteiger partial charge in [0.1, 0.15) is 5.82 Å². The Morgan fingerprint density at radius 2 is 2.12 bits per heavy atom. The van der Waals surface area contributed by atoms with Crippen LogP contribution in [0.4, 0.5) is 0 Å². The van der Waals surface area contributed by atoms with Gasteiger partial charge in [-0.3, -0.25) is 4.79 Å².